The molecule has 10 heteroatoms. The first kappa shape index (κ1) is 29.1. The maximum Gasteiger partial charge on any atom is 0.416 e. The zero-order chi connectivity index (χ0) is 30.7. The van der Waals surface area contributed by atoms with Gasteiger partial charge in [0.15, 0.2) is 5.82 Å². The van der Waals surface area contributed by atoms with E-state index in [9.17, 15) is 13.2 Å². The minimum Gasteiger partial charge on any atom is -0.365 e. The molecule has 6 rings (SSSR count). The predicted octanol–water partition coefficient (Wildman–Crippen LogP) is 7.51. The van der Waals surface area contributed by atoms with Crippen molar-refractivity contribution in [3.05, 3.63) is 114 Å². The zero-order valence-electron chi connectivity index (χ0n) is 24.4. The highest BCUT2D eigenvalue weighted by atomic mass is 19.4. The van der Waals surface area contributed by atoms with Gasteiger partial charge in [-0.15, -0.1) is 10.2 Å². The van der Waals surface area contributed by atoms with Crippen molar-refractivity contribution in [3.63, 3.8) is 0 Å². The number of hydrogen-bond donors (Lipinski definition) is 1. The first-order valence-corrected chi connectivity index (χ1v) is 14.5. The average Bonchev–Trinajstić information content (AvgIpc) is 3.05. The molecule has 7 nitrogen and oxygen atoms in total. The normalized spacial score (nSPS) is 16.1. The van der Waals surface area contributed by atoms with Crippen LogP contribution in [0.3, 0.4) is 0 Å². The van der Waals surface area contributed by atoms with Crippen molar-refractivity contribution >= 4 is 17.5 Å². The summed E-state index contributed by atoms with van der Waals surface area (Å²) in [5.74, 6) is 1.04. The lowest BCUT2D eigenvalue weighted by atomic mass is 10.0. The van der Waals surface area contributed by atoms with Crippen LogP contribution in [0.4, 0.5) is 30.6 Å². The van der Waals surface area contributed by atoms with Crippen molar-refractivity contribution in [3.8, 4) is 22.5 Å². The van der Waals surface area contributed by atoms with Gasteiger partial charge in [0.25, 0.3) is 0 Å². The molecule has 1 fully saturated rings. The van der Waals surface area contributed by atoms with Gasteiger partial charge in [0.2, 0.25) is 5.95 Å². The van der Waals surface area contributed by atoms with E-state index in [0.29, 0.717) is 47.4 Å². The third kappa shape index (κ3) is 6.34. The van der Waals surface area contributed by atoms with Gasteiger partial charge in [-0.1, -0.05) is 60.7 Å². The highest BCUT2D eigenvalue weighted by Gasteiger charge is 2.31. The van der Waals surface area contributed by atoms with Gasteiger partial charge in [-0.2, -0.15) is 13.2 Å². The molecule has 1 aliphatic rings. The Labute approximate surface area is 254 Å². The largest absolute Gasteiger partial charge is 0.416 e. The average molecular weight is 596 g/mol. The molecule has 0 bridgehead atoms. The Balaban J connectivity index is 1.36. The van der Waals surface area contributed by atoms with Crippen LogP contribution in [0.5, 0.6) is 0 Å². The third-order valence-electron chi connectivity index (χ3n) is 7.86. The molecule has 2 aromatic heterocycles. The summed E-state index contributed by atoms with van der Waals surface area (Å²) in [5, 5.41) is 12.4. The van der Waals surface area contributed by atoms with E-state index in [2.05, 4.69) is 49.4 Å². The van der Waals surface area contributed by atoms with E-state index in [1.807, 2.05) is 61.5 Å². The number of halogens is 3. The molecule has 1 N–H and O–H groups in total. The summed E-state index contributed by atoms with van der Waals surface area (Å²) in [6.07, 6.45) is -2.85. The van der Waals surface area contributed by atoms with Gasteiger partial charge >= 0.3 is 6.18 Å². The number of benzene rings is 3. The summed E-state index contributed by atoms with van der Waals surface area (Å²) >= 11 is 0. The summed E-state index contributed by atoms with van der Waals surface area (Å²) < 4.78 is 40.9. The molecule has 2 atom stereocenters. The van der Waals surface area contributed by atoms with Gasteiger partial charge in [-0.3, -0.25) is 0 Å². The quantitative estimate of drug-likeness (QED) is 0.209. The monoisotopic (exact) mass is 595 g/mol. The van der Waals surface area contributed by atoms with Crippen molar-refractivity contribution in [2.75, 3.05) is 34.8 Å². The van der Waals surface area contributed by atoms with Crippen molar-refractivity contribution in [2.45, 2.75) is 32.1 Å². The highest BCUT2D eigenvalue weighted by Crippen LogP contribution is 2.36. The number of nitrogens with one attached hydrogen (secondary N) is 1. The molecule has 1 unspecified atom stereocenters. The number of rotatable bonds is 7. The first-order valence-electron chi connectivity index (χ1n) is 14.5. The maximum atomic E-state index is 13.6. The van der Waals surface area contributed by atoms with Gasteiger partial charge < -0.3 is 15.1 Å². The van der Waals surface area contributed by atoms with Gasteiger partial charge in [0, 0.05) is 48.7 Å². The lowest BCUT2D eigenvalue weighted by Crippen LogP contribution is -2.52. The number of alkyl halides is 3. The third-order valence-corrected chi connectivity index (χ3v) is 7.86. The lowest BCUT2D eigenvalue weighted by molar-refractivity contribution is -0.137. The van der Waals surface area contributed by atoms with E-state index in [1.54, 1.807) is 18.3 Å². The Morgan fingerprint density at radius 3 is 2.34 bits per heavy atom. The second-order valence-corrected chi connectivity index (χ2v) is 10.9. The molecule has 1 saturated heterocycles. The van der Waals surface area contributed by atoms with Crippen LogP contribution in [0.25, 0.3) is 22.5 Å². The molecule has 0 amide bonds. The van der Waals surface area contributed by atoms with E-state index in [1.165, 1.54) is 6.07 Å². The smallest absolute Gasteiger partial charge is 0.365 e. The minimum absolute atomic E-state index is 0.0667. The number of piperazine rings is 1. The van der Waals surface area contributed by atoms with E-state index in [-0.39, 0.29) is 12.1 Å². The fourth-order valence-corrected chi connectivity index (χ4v) is 5.55. The van der Waals surface area contributed by atoms with Gasteiger partial charge in [0.1, 0.15) is 5.69 Å². The van der Waals surface area contributed by atoms with Gasteiger partial charge in [-0.25, -0.2) is 9.97 Å². The first-order chi connectivity index (χ1) is 21.3. The fraction of sp³-hybridized carbons (Fsp3) is 0.235. The maximum absolute atomic E-state index is 13.6. The second kappa shape index (κ2) is 12.3. The Bertz CT molecular complexity index is 1710. The van der Waals surface area contributed by atoms with Crippen molar-refractivity contribution in [2.24, 2.45) is 0 Å². The predicted molar refractivity (Wildman–Crippen MR) is 167 cm³/mol. The molecular formula is C34H32F3N7. The number of anilines is 3. The van der Waals surface area contributed by atoms with Crippen molar-refractivity contribution in [1.82, 2.24) is 20.2 Å². The zero-order valence-corrected chi connectivity index (χ0v) is 24.4. The van der Waals surface area contributed by atoms with E-state index < -0.39 is 11.7 Å². The van der Waals surface area contributed by atoms with Crippen LogP contribution < -0.4 is 15.1 Å². The molecule has 5 aromatic rings. The standard InChI is InChI=1S/C34H32F3N7/c1-23-22-43(18-19-44(23)28-14-7-4-8-15-28)31-21-29(32(42-41-31)26-12-9-13-27(20-26)34(35,36)37)30-16-17-38-33(40-30)39-24(2)25-10-5-3-6-11-25/h3-17,20-21,23-24H,18-19,22H2,1-2H3,(H,38,39,40)/t23?,24-/m0/s1. The molecule has 0 saturated carbocycles. The van der Waals surface area contributed by atoms with E-state index in [0.717, 1.165) is 29.9 Å². The van der Waals surface area contributed by atoms with Crippen LogP contribution in [-0.2, 0) is 6.18 Å². The molecule has 3 aromatic carbocycles. The van der Waals surface area contributed by atoms with Crippen LogP contribution in [0, 0.1) is 0 Å². The molecule has 0 aliphatic carbocycles. The van der Waals surface area contributed by atoms with Gasteiger partial charge in [0.05, 0.1) is 17.3 Å². The topological polar surface area (TPSA) is 70.1 Å². The van der Waals surface area contributed by atoms with E-state index in [4.69, 9.17) is 4.98 Å². The summed E-state index contributed by atoms with van der Waals surface area (Å²) in [4.78, 5) is 13.7. The highest BCUT2D eigenvalue weighted by molar-refractivity contribution is 5.81. The van der Waals surface area contributed by atoms with E-state index >= 15 is 0 Å². The summed E-state index contributed by atoms with van der Waals surface area (Å²) in [6, 6.07) is 29.1. The molecule has 0 spiro atoms. The number of aromatic nitrogens is 4. The number of hydrogen-bond acceptors (Lipinski definition) is 7. The number of nitrogens with zero attached hydrogens (tertiary/aromatic N) is 6. The van der Waals surface area contributed by atoms with Crippen molar-refractivity contribution < 1.29 is 13.2 Å². The summed E-state index contributed by atoms with van der Waals surface area (Å²) in [6.45, 7) is 6.39. The summed E-state index contributed by atoms with van der Waals surface area (Å²) in [7, 11) is 0. The SMILES string of the molecule is CC1CN(c2cc(-c3ccnc(N[C@@H](C)c4ccccc4)n3)c(-c3cccc(C(F)(F)F)c3)nn2)CCN1c1ccccc1. The Morgan fingerprint density at radius 1 is 0.864 bits per heavy atom. The fourth-order valence-electron chi connectivity index (χ4n) is 5.55. The molecule has 3 heterocycles. The van der Waals surface area contributed by atoms with Gasteiger partial charge in [-0.05, 0) is 55.8 Å². The molecule has 0 radical (unpaired) electrons. The van der Waals surface area contributed by atoms with Crippen LogP contribution in [0.2, 0.25) is 0 Å². The molecule has 44 heavy (non-hydrogen) atoms. The van der Waals surface area contributed by atoms with Crippen LogP contribution in [0.1, 0.15) is 31.0 Å². The number of para-hydroxylation sites is 1. The Hall–Kier alpha value is -4.99. The molecule has 1 aliphatic heterocycles. The summed E-state index contributed by atoms with van der Waals surface area (Å²) in [5.41, 5.74) is 3.21. The minimum atomic E-state index is -4.49. The molecular weight excluding hydrogens is 563 g/mol. The lowest BCUT2D eigenvalue weighted by Gasteiger charge is -2.41. The Kier molecular flexibility index (Phi) is 8.15. The van der Waals surface area contributed by atoms with Crippen LogP contribution in [0.15, 0.2) is 103 Å². The Morgan fingerprint density at radius 2 is 1.61 bits per heavy atom. The second-order valence-electron chi connectivity index (χ2n) is 10.9. The van der Waals surface area contributed by atoms with Crippen LogP contribution >= 0.6 is 0 Å². The molecule has 224 valence electrons. The van der Waals surface area contributed by atoms with Crippen molar-refractivity contribution in [1.29, 1.82) is 0 Å². The van der Waals surface area contributed by atoms with Crippen LogP contribution in [-0.4, -0.2) is 45.8 Å².